The van der Waals surface area contributed by atoms with E-state index in [0.29, 0.717) is 6.61 Å². The van der Waals surface area contributed by atoms with Crippen molar-refractivity contribution in [2.24, 2.45) is 0 Å². The minimum absolute atomic E-state index is 0.0721. The van der Waals surface area contributed by atoms with Crippen LogP contribution in [0.25, 0.3) is 10.2 Å². The van der Waals surface area contributed by atoms with E-state index >= 15 is 0 Å². The number of aromatic nitrogens is 2. The van der Waals surface area contributed by atoms with E-state index in [4.69, 9.17) is 14.7 Å². The molecule has 0 spiro atoms. The van der Waals surface area contributed by atoms with Gasteiger partial charge in [-0.05, 0) is 31.7 Å². The average Bonchev–Trinajstić information content (AvgIpc) is 3.04. The number of nitrogens with zero attached hydrogens (tertiary/aromatic N) is 4. The van der Waals surface area contributed by atoms with Crippen LogP contribution < -0.4 is 4.90 Å². The predicted molar refractivity (Wildman–Crippen MR) is 111 cm³/mol. The number of thiophene rings is 1. The molecule has 1 saturated heterocycles. The number of thioether (sulfide) groups is 1. The quantitative estimate of drug-likeness (QED) is 0.582. The third-order valence-corrected chi connectivity index (χ3v) is 7.49. The van der Waals surface area contributed by atoms with Crippen LogP contribution >= 0.6 is 23.1 Å². The second kappa shape index (κ2) is 7.26. The predicted octanol–water partition coefficient (Wildman–Crippen LogP) is 3.80. The molecule has 4 rings (SSSR count). The third-order valence-electron chi connectivity index (χ3n) is 5.85. The molecule has 0 bridgehead atoms. The molecule has 26 heavy (non-hydrogen) atoms. The molecule has 1 fully saturated rings. The number of piperazine rings is 1. The molecule has 2 aromatic rings. The van der Waals surface area contributed by atoms with E-state index in [2.05, 4.69) is 36.8 Å². The van der Waals surface area contributed by atoms with Gasteiger partial charge in [0.2, 0.25) is 0 Å². The zero-order chi connectivity index (χ0) is 18.3. The molecule has 0 N–H and O–H groups in total. The van der Waals surface area contributed by atoms with E-state index in [0.717, 1.165) is 61.4 Å². The van der Waals surface area contributed by atoms with E-state index in [1.54, 1.807) is 23.1 Å². The molecule has 0 saturated carbocycles. The monoisotopic (exact) mass is 392 g/mol. The average molecular weight is 393 g/mol. The molecule has 0 aromatic carbocycles. The van der Waals surface area contributed by atoms with Gasteiger partial charge < -0.3 is 14.5 Å². The Hall–Kier alpha value is -0.890. The molecule has 2 aliphatic rings. The minimum atomic E-state index is -0.0721. The Morgan fingerprint density at radius 1 is 1.19 bits per heavy atom. The van der Waals surface area contributed by atoms with Crippen molar-refractivity contribution < 1.29 is 4.74 Å². The normalized spacial score (nSPS) is 24.2. The first-order valence-corrected chi connectivity index (χ1v) is 11.6. The summed E-state index contributed by atoms with van der Waals surface area (Å²) >= 11 is 3.43. The van der Waals surface area contributed by atoms with Gasteiger partial charge in [0.05, 0.1) is 17.6 Å². The third kappa shape index (κ3) is 3.23. The van der Waals surface area contributed by atoms with Gasteiger partial charge in [-0.25, -0.2) is 9.97 Å². The Labute approximate surface area is 164 Å². The summed E-state index contributed by atoms with van der Waals surface area (Å²) in [5.74, 6) is 1.15. The van der Waals surface area contributed by atoms with Crippen molar-refractivity contribution in [3.63, 3.8) is 0 Å². The summed E-state index contributed by atoms with van der Waals surface area (Å²) in [6.07, 6.45) is 4.05. The summed E-state index contributed by atoms with van der Waals surface area (Å²) in [6, 6.07) is 0. The second-order valence-electron chi connectivity index (χ2n) is 7.41. The molecule has 0 aliphatic carbocycles. The van der Waals surface area contributed by atoms with Crippen LogP contribution in [-0.2, 0) is 17.8 Å². The van der Waals surface area contributed by atoms with Crippen LogP contribution in [0.4, 0.5) is 5.82 Å². The highest BCUT2D eigenvalue weighted by Crippen LogP contribution is 2.43. The molecule has 1 unspecified atom stereocenters. The van der Waals surface area contributed by atoms with Crippen LogP contribution in [0.15, 0.2) is 5.16 Å². The molecule has 7 heteroatoms. The Morgan fingerprint density at radius 3 is 2.62 bits per heavy atom. The van der Waals surface area contributed by atoms with Crippen molar-refractivity contribution in [3.8, 4) is 0 Å². The van der Waals surface area contributed by atoms with Crippen LogP contribution in [0.3, 0.4) is 0 Å². The molecule has 5 nitrogen and oxygen atoms in total. The van der Waals surface area contributed by atoms with E-state index in [9.17, 15) is 0 Å². The van der Waals surface area contributed by atoms with Gasteiger partial charge in [0, 0.05) is 37.5 Å². The van der Waals surface area contributed by atoms with Gasteiger partial charge >= 0.3 is 0 Å². The van der Waals surface area contributed by atoms with E-state index in [1.165, 1.54) is 15.8 Å². The highest BCUT2D eigenvalue weighted by atomic mass is 32.2. The summed E-state index contributed by atoms with van der Waals surface area (Å²) < 4.78 is 6.18. The molecule has 2 aliphatic heterocycles. The van der Waals surface area contributed by atoms with Crippen molar-refractivity contribution in [2.75, 3.05) is 43.9 Å². The summed E-state index contributed by atoms with van der Waals surface area (Å²) in [5.41, 5.74) is 1.36. The molecular weight excluding hydrogens is 364 g/mol. The van der Waals surface area contributed by atoms with Gasteiger partial charge in [0.15, 0.2) is 5.16 Å². The fourth-order valence-corrected chi connectivity index (χ4v) is 5.37. The summed E-state index contributed by atoms with van der Waals surface area (Å²) in [5, 5.41) is 2.17. The first kappa shape index (κ1) is 18.5. The molecule has 0 radical (unpaired) electrons. The number of ether oxygens (including phenoxy) is 1. The number of fused-ring (bicyclic) bond motifs is 3. The molecule has 1 atom stereocenters. The second-order valence-corrected chi connectivity index (χ2v) is 9.27. The molecule has 4 heterocycles. The largest absolute Gasteiger partial charge is 0.369 e. The maximum atomic E-state index is 6.18. The van der Waals surface area contributed by atoms with Crippen LogP contribution in [-0.4, -0.2) is 59.4 Å². The van der Waals surface area contributed by atoms with Gasteiger partial charge in [0.25, 0.3) is 0 Å². The Morgan fingerprint density at radius 2 is 1.96 bits per heavy atom. The smallest absolute Gasteiger partial charge is 0.190 e. The van der Waals surface area contributed by atoms with Gasteiger partial charge in [-0.15, -0.1) is 11.3 Å². The molecule has 0 amide bonds. The Kier molecular flexibility index (Phi) is 5.16. The fourth-order valence-electron chi connectivity index (χ4n) is 3.86. The van der Waals surface area contributed by atoms with Gasteiger partial charge in [-0.2, -0.15) is 0 Å². The lowest BCUT2D eigenvalue weighted by atomic mass is 9.90. The van der Waals surface area contributed by atoms with Crippen LogP contribution in [0.2, 0.25) is 0 Å². The number of hydrogen-bond donors (Lipinski definition) is 0. The Bertz CT molecular complexity index is 800. The van der Waals surface area contributed by atoms with E-state index in [-0.39, 0.29) is 5.60 Å². The molecule has 2 aromatic heterocycles. The standard InChI is InChI=1S/C19H28N4OS2/c1-5-19(3)11-13-14(12-24-19)26-17-15(13)16(20-18(21-17)25-4)23-9-7-22(6-2)8-10-23/h5-12H2,1-4H3. The van der Waals surface area contributed by atoms with Crippen molar-refractivity contribution in [3.05, 3.63) is 10.4 Å². The van der Waals surface area contributed by atoms with Crippen LogP contribution in [0, 0.1) is 0 Å². The van der Waals surface area contributed by atoms with Crippen molar-refractivity contribution >= 4 is 39.1 Å². The molecular formula is C19H28N4OS2. The maximum absolute atomic E-state index is 6.18. The summed E-state index contributed by atoms with van der Waals surface area (Å²) in [6.45, 7) is 12.8. The van der Waals surface area contributed by atoms with Crippen molar-refractivity contribution in [2.45, 2.75) is 51.0 Å². The van der Waals surface area contributed by atoms with Crippen LogP contribution in [0.5, 0.6) is 0 Å². The first-order chi connectivity index (χ1) is 12.6. The topological polar surface area (TPSA) is 41.5 Å². The number of rotatable bonds is 4. The van der Waals surface area contributed by atoms with Gasteiger partial charge in [-0.3, -0.25) is 0 Å². The minimum Gasteiger partial charge on any atom is -0.369 e. The number of hydrogen-bond acceptors (Lipinski definition) is 7. The highest BCUT2D eigenvalue weighted by molar-refractivity contribution is 7.98. The van der Waals surface area contributed by atoms with E-state index in [1.807, 2.05) is 0 Å². The van der Waals surface area contributed by atoms with E-state index < -0.39 is 0 Å². The zero-order valence-electron chi connectivity index (χ0n) is 16.2. The highest BCUT2D eigenvalue weighted by Gasteiger charge is 2.34. The fraction of sp³-hybridized carbons (Fsp3) is 0.684. The number of anilines is 1. The molecule has 142 valence electrons. The first-order valence-electron chi connectivity index (χ1n) is 9.54. The lowest BCUT2D eigenvalue weighted by molar-refractivity contribution is -0.0543. The van der Waals surface area contributed by atoms with Crippen molar-refractivity contribution in [1.29, 1.82) is 0 Å². The summed E-state index contributed by atoms with van der Waals surface area (Å²) in [7, 11) is 0. The maximum Gasteiger partial charge on any atom is 0.190 e. The zero-order valence-corrected chi connectivity index (χ0v) is 17.8. The van der Waals surface area contributed by atoms with Crippen molar-refractivity contribution in [1.82, 2.24) is 14.9 Å². The summed E-state index contributed by atoms with van der Waals surface area (Å²) in [4.78, 5) is 17.3. The van der Waals surface area contributed by atoms with Gasteiger partial charge in [-0.1, -0.05) is 25.6 Å². The lowest BCUT2D eigenvalue weighted by Crippen LogP contribution is -2.46. The SMILES string of the molecule is CCN1CCN(c2nc(SC)nc3sc4c(c23)CC(C)(CC)OC4)CC1. The number of likely N-dealkylation sites (N-methyl/N-ethyl adjacent to an activating group) is 1. The lowest BCUT2D eigenvalue weighted by Gasteiger charge is -2.36. The van der Waals surface area contributed by atoms with Crippen LogP contribution in [0.1, 0.15) is 37.6 Å². The van der Waals surface area contributed by atoms with Gasteiger partial charge in [0.1, 0.15) is 10.6 Å². The Balaban J connectivity index is 1.80.